The average molecular weight is 224 g/mol. The maximum absolute atomic E-state index is 11.8. The molecule has 0 aromatic heterocycles. The summed E-state index contributed by atoms with van der Waals surface area (Å²) < 4.78 is 0. The van der Waals surface area contributed by atoms with E-state index < -0.39 is 5.97 Å². The first kappa shape index (κ1) is 11.6. The Balaban J connectivity index is 2.00. The molecule has 0 radical (unpaired) electrons. The van der Waals surface area contributed by atoms with Crippen LogP contribution in [-0.2, 0) is 9.59 Å². The number of rotatable bonds is 2. The number of hydrogen-bond donors (Lipinski definition) is 1. The van der Waals surface area contributed by atoms with Crippen LogP contribution in [0, 0.1) is 17.3 Å². The lowest BCUT2D eigenvalue weighted by atomic mass is 9.64. The molecule has 90 valence electrons. The van der Waals surface area contributed by atoms with E-state index in [0.29, 0.717) is 5.78 Å². The summed E-state index contributed by atoms with van der Waals surface area (Å²) in [7, 11) is 0. The Kier molecular flexibility index (Phi) is 3.04. The molecular weight excluding hydrogens is 204 g/mol. The first-order chi connectivity index (χ1) is 7.53. The van der Waals surface area contributed by atoms with Crippen molar-refractivity contribution < 1.29 is 14.7 Å². The quantitative estimate of drug-likeness (QED) is 0.784. The molecule has 0 heterocycles. The Labute approximate surface area is 96.2 Å². The molecular formula is C13H20O3. The molecule has 16 heavy (non-hydrogen) atoms. The van der Waals surface area contributed by atoms with E-state index >= 15 is 0 Å². The fourth-order valence-corrected chi connectivity index (χ4v) is 3.43. The fourth-order valence-electron chi connectivity index (χ4n) is 3.43. The zero-order valence-corrected chi connectivity index (χ0v) is 9.87. The van der Waals surface area contributed by atoms with Crippen molar-refractivity contribution in [3.8, 4) is 0 Å². The SMILES string of the molecule is CC1(C2CCCC2=O)CCC(C(=O)O)CC1. The molecule has 0 aromatic rings. The van der Waals surface area contributed by atoms with Crippen molar-refractivity contribution in [2.45, 2.75) is 51.9 Å². The number of Topliss-reactive ketones (excluding diaryl/α,β-unsaturated/α-hetero) is 1. The largest absolute Gasteiger partial charge is 0.481 e. The van der Waals surface area contributed by atoms with Crippen LogP contribution < -0.4 is 0 Å². The smallest absolute Gasteiger partial charge is 0.306 e. The van der Waals surface area contributed by atoms with Crippen molar-refractivity contribution in [3.05, 3.63) is 0 Å². The van der Waals surface area contributed by atoms with E-state index in [-0.39, 0.29) is 17.3 Å². The van der Waals surface area contributed by atoms with Crippen LogP contribution in [0.15, 0.2) is 0 Å². The predicted molar refractivity (Wildman–Crippen MR) is 60.0 cm³/mol. The third-order valence-corrected chi connectivity index (χ3v) is 4.62. The molecule has 0 bridgehead atoms. The van der Waals surface area contributed by atoms with Gasteiger partial charge >= 0.3 is 5.97 Å². The summed E-state index contributed by atoms with van der Waals surface area (Å²) in [5.74, 6) is -0.220. The van der Waals surface area contributed by atoms with Crippen LogP contribution >= 0.6 is 0 Å². The van der Waals surface area contributed by atoms with Gasteiger partial charge in [0.1, 0.15) is 5.78 Å². The lowest BCUT2D eigenvalue weighted by molar-refractivity contribution is -0.144. The third-order valence-electron chi connectivity index (χ3n) is 4.62. The van der Waals surface area contributed by atoms with E-state index in [2.05, 4.69) is 6.92 Å². The van der Waals surface area contributed by atoms with Gasteiger partial charge < -0.3 is 5.11 Å². The summed E-state index contributed by atoms with van der Waals surface area (Å²) in [6.45, 7) is 2.18. The number of carboxylic acid groups (broad SMARTS) is 1. The topological polar surface area (TPSA) is 54.4 Å². The number of carboxylic acids is 1. The molecule has 0 aromatic carbocycles. The summed E-state index contributed by atoms with van der Waals surface area (Å²) in [5, 5.41) is 8.96. The van der Waals surface area contributed by atoms with Crippen molar-refractivity contribution in [2.75, 3.05) is 0 Å². The second-order valence-electron chi connectivity index (χ2n) is 5.68. The summed E-state index contributed by atoms with van der Waals surface area (Å²) in [5.41, 5.74) is 0.0829. The molecule has 2 aliphatic carbocycles. The monoisotopic (exact) mass is 224 g/mol. The minimum absolute atomic E-state index is 0.0829. The van der Waals surface area contributed by atoms with Gasteiger partial charge in [-0.25, -0.2) is 0 Å². The van der Waals surface area contributed by atoms with Gasteiger partial charge in [0, 0.05) is 12.3 Å². The lowest BCUT2D eigenvalue weighted by Crippen LogP contribution is -2.36. The molecule has 1 N–H and O–H groups in total. The van der Waals surface area contributed by atoms with E-state index in [1.165, 1.54) is 0 Å². The van der Waals surface area contributed by atoms with E-state index in [0.717, 1.165) is 44.9 Å². The lowest BCUT2D eigenvalue weighted by Gasteiger charge is -2.40. The molecule has 2 saturated carbocycles. The fraction of sp³-hybridized carbons (Fsp3) is 0.846. The number of ketones is 1. The van der Waals surface area contributed by atoms with Crippen LogP contribution in [0.5, 0.6) is 0 Å². The number of carbonyl (C=O) groups excluding carboxylic acids is 1. The van der Waals surface area contributed by atoms with Crippen LogP contribution in [0.4, 0.5) is 0 Å². The molecule has 2 rings (SSSR count). The Hall–Kier alpha value is -0.860. The van der Waals surface area contributed by atoms with E-state index in [9.17, 15) is 9.59 Å². The second-order valence-corrected chi connectivity index (χ2v) is 5.68. The van der Waals surface area contributed by atoms with E-state index in [1.54, 1.807) is 0 Å². The zero-order valence-electron chi connectivity index (χ0n) is 9.87. The van der Waals surface area contributed by atoms with Gasteiger partial charge in [-0.05, 0) is 43.9 Å². The van der Waals surface area contributed by atoms with Gasteiger partial charge in [-0.1, -0.05) is 6.92 Å². The molecule has 2 fully saturated rings. The zero-order chi connectivity index (χ0) is 11.8. The predicted octanol–water partition coefficient (Wildman–Crippen LogP) is 2.64. The molecule has 0 amide bonds. The van der Waals surface area contributed by atoms with Crippen molar-refractivity contribution in [2.24, 2.45) is 17.3 Å². The molecule has 0 spiro atoms. The van der Waals surface area contributed by atoms with Crippen molar-refractivity contribution in [1.82, 2.24) is 0 Å². The summed E-state index contributed by atoms with van der Waals surface area (Å²) in [6.07, 6.45) is 6.09. The van der Waals surface area contributed by atoms with Crippen molar-refractivity contribution in [3.63, 3.8) is 0 Å². The number of carbonyl (C=O) groups is 2. The number of aliphatic carboxylic acids is 1. The van der Waals surface area contributed by atoms with Gasteiger partial charge in [0.05, 0.1) is 5.92 Å². The molecule has 0 saturated heterocycles. The highest BCUT2D eigenvalue weighted by Crippen LogP contribution is 2.48. The van der Waals surface area contributed by atoms with Crippen LogP contribution in [0.25, 0.3) is 0 Å². The molecule has 1 atom stereocenters. The Morgan fingerprint density at radius 3 is 2.38 bits per heavy atom. The Morgan fingerprint density at radius 2 is 1.94 bits per heavy atom. The van der Waals surface area contributed by atoms with Gasteiger partial charge in [-0.2, -0.15) is 0 Å². The highest BCUT2D eigenvalue weighted by Gasteiger charge is 2.44. The minimum atomic E-state index is -0.667. The Bertz CT molecular complexity index is 300. The minimum Gasteiger partial charge on any atom is -0.481 e. The molecule has 0 aliphatic heterocycles. The van der Waals surface area contributed by atoms with Gasteiger partial charge in [0.25, 0.3) is 0 Å². The van der Waals surface area contributed by atoms with Crippen LogP contribution in [-0.4, -0.2) is 16.9 Å². The number of hydrogen-bond acceptors (Lipinski definition) is 2. The Morgan fingerprint density at radius 1 is 1.31 bits per heavy atom. The highest BCUT2D eigenvalue weighted by molar-refractivity contribution is 5.83. The summed E-state index contributed by atoms with van der Waals surface area (Å²) in [6, 6.07) is 0. The normalized spacial score (nSPS) is 39.9. The average Bonchev–Trinajstić information content (AvgIpc) is 2.66. The molecule has 2 aliphatic rings. The second kappa shape index (κ2) is 4.19. The van der Waals surface area contributed by atoms with Gasteiger partial charge in [-0.3, -0.25) is 9.59 Å². The van der Waals surface area contributed by atoms with Gasteiger partial charge in [0.2, 0.25) is 0 Å². The maximum Gasteiger partial charge on any atom is 0.306 e. The van der Waals surface area contributed by atoms with Crippen LogP contribution in [0.3, 0.4) is 0 Å². The summed E-state index contributed by atoms with van der Waals surface area (Å²) >= 11 is 0. The van der Waals surface area contributed by atoms with Crippen LogP contribution in [0.1, 0.15) is 51.9 Å². The highest BCUT2D eigenvalue weighted by atomic mass is 16.4. The van der Waals surface area contributed by atoms with Crippen LogP contribution in [0.2, 0.25) is 0 Å². The first-order valence-corrected chi connectivity index (χ1v) is 6.28. The van der Waals surface area contributed by atoms with Gasteiger partial charge in [-0.15, -0.1) is 0 Å². The maximum atomic E-state index is 11.8. The van der Waals surface area contributed by atoms with E-state index in [1.807, 2.05) is 0 Å². The molecule has 1 unspecified atom stereocenters. The van der Waals surface area contributed by atoms with Gasteiger partial charge in [0.15, 0.2) is 0 Å². The summed E-state index contributed by atoms with van der Waals surface area (Å²) in [4.78, 5) is 22.7. The standard InChI is InChI=1S/C13H20O3/c1-13(10-3-2-4-11(10)14)7-5-9(6-8-13)12(15)16/h9-10H,2-8H2,1H3,(H,15,16). The van der Waals surface area contributed by atoms with E-state index in [4.69, 9.17) is 5.11 Å². The van der Waals surface area contributed by atoms with Crippen molar-refractivity contribution in [1.29, 1.82) is 0 Å². The molecule has 3 heteroatoms. The first-order valence-electron chi connectivity index (χ1n) is 6.28. The third kappa shape index (κ3) is 2.00. The van der Waals surface area contributed by atoms with Crippen molar-refractivity contribution >= 4 is 11.8 Å². The molecule has 3 nitrogen and oxygen atoms in total.